The number of nitrogens with zero attached hydrogens (tertiary/aromatic N) is 4. The summed E-state index contributed by atoms with van der Waals surface area (Å²) >= 11 is 2.76. The van der Waals surface area contributed by atoms with Crippen LogP contribution in [0.1, 0.15) is 20.8 Å². The Kier molecular flexibility index (Phi) is 3.64. The minimum atomic E-state index is -0.918. The summed E-state index contributed by atoms with van der Waals surface area (Å²) in [5.41, 5.74) is 1.83. The first kappa shape index (κ1) is 14.0. The van der Waals surface area contributed by atoms with Crippen molar-refractivity contribution in [1.29, 1.82) is 0 Å². The van der Waals surface area contributed by atoms with Gasteiger partial charge in [0.25, 0.3) is 0 Å². The molecular weight excluding hydrogens is 308 g/mol. The van der Waals surface area contributed by atoms with Crippen LogP contribution in [0.15, 0.2) is 23.7 Å². The maximum absolute atomic E-state index is 11.2. The summed E-state index contributed by atoms with van der Waals surface area (Å²) in [5.74, 6) is -0.184. The number of aromatic nitrogens is 4. The van der Waals surface area contributed by atoms with E-state index >= 15 is 0 Å². The van der Waals surface area contributed by atoms with E-state index in [0.717, 1.165) is 27.3 Å². The number of hydrogen-bond donors (Lipinski definition) is 1. The maximum Gasteiger partial charge on any atom is 0.346 e. The fraction of sp³-hybridized carbons (Fsp3) is 0.231. The largest absolute Gasteiger partial charge is 0.477 e. The van der Waals surface area contributed by atoms with E-state index in [4.69, 9.17) is 0 Å². The lowest BCUT2D eigenvalue weighted by Gasteiger charge is -2.01. The van der Waals surface area contributed by atoms with Crippen LogP contribution < -0.4 is 0 Å². The normalized spacial score (nSPS) is 11.1. The summed E-state index contributed by atoms with van der Waals surface area (Å²) in [7, 11) is 1.87. The van der Waals surface area contributed by atoms with Crippen LogP contribution in [0.4, 0.5) is 0 Å². The Morgan fingerprint density at radius 3 is 2.95 bits per heavy atom. The van der Waals surface area contributed by atoms with Gasteiger partial charge in [0.05, 0.1) is 6.20 Å². The third-order valence-corrected chi connectivity index (χ3v) is 5.27. The van der Waals surface area contributed by atoms with E-state index < -0.39 is 5.97 Å². The van der Waals surface area contributed by atoms with Gasteiger partial charge in [0.15, 0.2) is 0 Å². The Morgan fingerprint density at radius 2 is 2.29 bits per heavy atom. The Bertz CT molecular complexity index is 825. The molecule has 6 nitrogen and oxygen atoms in total. The maximum atomic E-state index is 11.2. The zero-order valence-corrected chi connectivity index (χ0v) is 13.0. The zero-order chi connectivity index (χ0) is 15.0. The van der Waals surface area contributed by atoms with Crippen LogP contribution in [0, 0.1) is 6.92 Å². The van der Waals surface area contributed by atoms with Gasteiger partial charge in [0.2, 0.25) is 0 Å². The molecule has 0 radical (unpaired) electrons. The molecule has 8 heteroatoms. The molecule has 0 fully saturated rings. The molecule has 3 rings (SSSR count). The number of thiophene rings is 1. The highest BCUT2D eigenvalue weighted by atomic mass is 32.2. The number of aryl methyl sites for hydroxylation is 2. The van der Waals surface area contributed by atoms with Crippen LogP contribution >= 0.6 is 23.1 Å². The molecule has 108 valence electrons. The number of carboxylic acids is 1. The third-order valence-electron chi connectivity index (χ3n) is 3.02. The first-order valence-corrected chi connectivity index (χ1v) is 7.94. The van der Waals surface area contributed by atoms with Crippen molar-refractivity contribution in [2.75, 3.05) is 0 Å². The smallest absolute Gasteiger partial charge is 0.346 e. The van der Waals surface area contributed by atoms with Crippen LogP contribution in [0.3, 0.4) is 0 Å². The van der Waals surface area contributed by atoms with Crippen LogP contribution in [-0.2, 0) is 12.8 Å². The third kappa shape index (κ3) is 2.64. The number of thioether (sulfide) groups is 1. The van der Waals surface area contributed by atoms with Gasteiger partial charge in [0.1, 0.15) is 21.1 Å². The highest BCUT2D eigenvalue weighted by Crippen LogP contribution is 2.35. The van der Waals surface area contributed by atoms with Gasteiger partial charge in [-0.25, -0.2) is 14.8 Å². The second-order valence-corrected chi connectivity index (χ2v) is 6.49. The number of fused-ring (bicyclic) bond motifs is 1. The van der Waals surface area contributed by atoms with Crippen molar-refractivity contribution in [1.82, 2.24) is 19.7 Å². The Hall–Kier alpha value is -1.93. The van der Waals surface area contributed by atoms with E-state index in [2.05, 4.69) is 15.1 Å². The fourth-order valence-electron chi connectivity index (χ4n) is 2.05. The first-order valence-electron chi connectivity index (χ1n) is 6.14. The summed E-state index contributed by atoms with van der Waals surface area (Å²) < 4.78 is 1.75. The van der Waals surface area contributed by atoms with E-state index in [1.165, 1.54) is 17.7 Å². The highest BCUT2D eigenvalue weighted by molar-refractivity contribution is 7.98. The van der Waals surface area contributed by atoms with Crippen LogP contribution in [-0.4, -0.2) is 30.8 Å². The van der Waals surface area contributed by atoms with Crippen molar-refractivity contribution < 1.29 is 9.90 Å². The molecule has 0 amide bonds. The van der Waals surface area contributed by atoms with E-state index in [0.29, 0.717) is 9.71 Å². The second-order valence-electron chi connectivity index (χ2n) is 4.53. The predicted octanol–water partition coefficient (Wildman–Crippen LogP) is 2.72. The van der Waals surface area contributed by atoms with Crippen LogP contribution in [0.25, 0.3) is 10.2 Å². The van der Waals surface area contributed by atoms with E-state index in [9.17, 15) is 9.90 Å². The van der Waals surface area contributed by atoms with Gasteiger partial charge >= 0.3 is 5.97 Å². The average molecular weight is 320 g/mol. The van der Waals surface area contributed by atoms with Crippen molar-refractivity contribution in [2.24, 2.45) is 7.05 Å². The highest BCUT2D eigenvalue weighted by Gasteiger charge is 2.18. The lowest BCUT2D eigenvalue weighted by atomic mass is 10.2. The molecule has 3 aromatic heterocycles. The molecule has 0 unspecified atom stereocenters. The zero-order valence-electron chi connectivity index (χ0n) is 11.4. The van der Waals surface area contributed by atoms with E-state index in [1.807, 2.05) is 19.4 Å². The second kappa shape index (κ2) is 5.45. The van der Waals surface area contributed by atoms with Crippen LogP contribution in [0.2, 0.25) is 0 Å². The number of carbonyl (C=O) groups is 1. The average Bonchev–Trinajstić information content (AvgIpc) is 3.01. The van der Waals surface area contributed by atoms with Gasteiger partial charge in [-0.3, -0.25) is 4.68 Å². The molecular formula is C13H12N4O2S2. The first-order chi connectivity index (χ1) is 10.1. The molecule has 3 aromatic rings. The van der Waals surface area contributed by atoms with Gasteiger partial charge in [0, 0.05) is 29.9 Å². The monoisotopic (exact) mass is 320 g/mol. The summed E-state index contributed by atoms with van der Waals surface area (Å²) in [4.78, 5) is 20.8. The predicted molar refractivity (Wildman–Crippen MR) is 81.9 cm³/mol. The number of rotatable bonds is 4. The van der Waals surface area contributed by atoms with Crippen LogP contribution in [0.5, 0.6) is 0 Å². The molecule has 0 aliphatic rings. The molecule has 0 saturated heterocycles. The summed E-state index contributed by atoms with van der Waals surface area (Å²) in [5, 5.41) is 15.0. The molecule has 0 aliphatic carbocycles. The molecule has 1 N–H and O–H groups in total. The number of hydrogen-bond acceptors (Lipinski definition) is 6. The standard InChI is InChI=1S/C13H12N4O2S2/c1-7-9-11(20-5-8-3-16-17(2)4-8)14-6-15-12(9)21-10(7)13(18)19/h3-4,6H,5H2,1-2H3,(H,18,19). The van der Waals surface area contributed by atoms with Crippen molar-refractivity contribution in [2.45, 2.75) is 17.7 Å². The minimum absolute atomic E-state index is 0.328. The Labute approximate surface area is 128 Å². The Balaban J connectivity index is 1.96. The van der Waals surface area contributed by atoms with Gasteiger partial charge in [-0.15, -0.1) is 23.1 Å². The fourth-order valence-corrected chi connectivity index (χ4v) is 4.07. The lowest BCUT2D eigenvalue weighted by Crippen LogP contribution is -1.94. The molecule has 21 heavy (non-hydrogen) atoms. The van der Waals surface area contributed by atoms with Gasteiger partial charge in [-0.2, -0.15) is 5.10 Å². The molecule has 0 bridgehead atoms. The summed E-state index contributed by atoms with van der Waals surface area (Å²) in [6.45, 7) is 1.81. The molecule has 0 aliphatic heterocycles. The Morgan fingerprint density at radius 1 is 1.48 bits per heavy atom. The van der Waals surface area contributed by atoms with E-state index in [1.54, 1.807) is 23.4 Å². The quantitative estimate of drug-likeness (QED) is 0.588. The molecule has 0 saturated carbocycles. The minimum Gasteiger partial charge on any atom is -0.477 e. The van der Waals surface area contributed by atoms with Gasteiger partial charge < -0.3 is 5.11 Å². The summed E-state index contributed by atoms with van der Waals surface area (Å²) in [6.07, 6.45) is 5.25. The van der Waals surface area contributed by atoms with Gasteiger partial charge in [-0.05, 0) is 12.5 Å². The molecule has 0 atom stereocenters. The van der Waals surface area contributed by atoms with Crippen molar-refractivity contribution >= 4 is 39.3 Å². The van der Waals surface area contributed by atoms with Crippen molar-refractivity contribution in [3.63, 3.8) is 0 Å². The number of carboxylic acid groups (broad SMARTS) is 1. The number of aromatic carboxylic acids is 1. The molecule has 0 spiro atoms. The summed E-state index contributed by atoms with van der Waals surface area (Å²) in [6, 6.07) is 0. The van der Waals surface area contributed by atoms with Crippen molar-refractivity contribution in [3.05, 3.63) is 34.7 Å². The van der Waals surface area contributed by atoms with Crippen molar-refractivity contribution in [3.8, 4) is 0 Å². The topological polar surface area (TPSA) is 80.9 Å². The molecule has 3 heterocycles. The van der Waals surface area contributed by atoms with Gasteiger partial charge in [-0.1, -0.05) is 0 Å². The molecule has 0 aromatic carbocycles. The SMILES string of the molecule is Cc1c(C(=O)O)sc2ncnc(SCc3cnn(C)c3)c12. The lowest BCUT2D eigenvalue weighted by molar-refractivity contribution is 0.0701. The van der Waals surface area contributed by atoms with E-state index in [-0.39, 0.29) is 0 Å².